The van der Waals surface area contributed by atoms with E-state index in [0.29, 0.717) is 5.92 Å². The van der Waals surface area contributed by atoms with Gasteiger partial charge in [-0.25, -0.2) is 15.4 Å². The molecule has 1 fully saturated rings. The van der Waals surface area contributed by atoms with E-state index < -0.39 is 12.3 Å². The van der Waals surface area contributed by atoms with Gasteiger partial charge < -0.3 is 10.8 Å². The zero-order valence-electron chi connectivity index (χ0n) is 19.6. The van der Waals surface area contributed by atoms with Gasteiger partial charge in [-0.2, -0.15) is 0 Å². The number of nitrogens with zero attached hydrogens (tertiary/aromatic N) is 2. The lowest BCUT2D eigenvalue weighted by atomic mass is 9.63. The molecule has 5 nitrogen and oxygen atoms in total. The molecule has 4 N–H and O–H groups in total. The molecular weight excluding hydrogens is 404 g/mol. The Kier molecular flexibility index (Phi) is 6.32. The van der Waals surface area contributed by atoms with Gasteiger partial charge in [0.2, 0.25) is 0 Å². The van der Waals surface area contributed by atoms with Crippen LogP contribution in [0.2, 0.25) is 0 Å². The van der Waals surface area contributed by atoms with E-state index in [2.05, 4.69) is 61.7 Å². The van der Waals surface area contributed by atoms with Crippen molar-refractivity contribution in [3.8, 4) is 11.3 Å². The van der Waals surface area contributed by atoms with Gasteiger partial charge in [0.15, 0.2) is 0 Å². The highest BCUT2D eigenvalue weighted by atomic mass is 32.1. The number of nitrogens with one attached hydrogen (secondary N) is 1. The van der Waals surface area contributed by atoms with Gasteiger partial charge in [-0.1, -0.05) is 39.8 Å². The maximum Gasteiger partial charge on any atom is 0.0964 e. The second-order valence-electron chi connectivity index (χ2n) is 10.8. The predicted octanol–water partition coefficient (Wildman–Crippen LogP) is 4.51. The van der Waals surface area contributed by atoms with Crippen LogP contribution in [0.15, 0.2) is 23.6 Å². The summed E-state index contributed by atoms with van der Waals surface area (Å²) in [5.74, 6) is 0.493. The molecule has 0 spiro atoms. The van der Waals surface area contributed by atoms with Crippen molar-refractivity contribution < 1.29 is 5.11 Å². The number of piperidine rings is 1. The summed E-state index contributed by atoms with van der Waals surface area (Å²) >= 11 is 1.79. The molecule has 1 aliphatic heterocycles. The van der Waals surface area contributed by atoms with Crippen LogP contribution in [0.4, 0.5) is 0 Å². The van der Waals surface area contributed by atoms with Gasteiger partial charge in [-0.3, -0.25) is 0 Å². The summed E-state index contributed by atoms with van der Waals surface area (Å²) in [7, 11) is 0. The highest BCUT2D eigenvalue weighted by Gasteiger charge is 2.37. The van der Waals surface area contributed by atoms with E-state index in [1.807, 2.05) is 0 Å². The number of aromatic nitrogens is 1. The van der Waals surface area contributed by atoms with Crippen LogP contribution >= 0.6 is 11.3 Å². The standard InChI is InChI=1S/C25H38N4OS/c1-16(30)22(26)28-29-12-8-17(9-13-29)23-27-21(15-31-23)18-6-7-19-20(14-18)25(4,5)11-10-24(19,2)3/h6-7,14-17,22,28,30H,8-13,26H2,1-5H3/t16-,22-/m1/s1. The van der Waals surface area contributed by atoms with Crippen molar-refractivity contribution in [3.05, 3.63) is 39.7 Å². The number of fused-ring (bicyclic) bond motifs is 1. The molecular formula is C25H38N4OS. The maximum absolute atomic E-state index is 9.60. The molecule has 1 aromatic carbocycles. The minimum absolute atomic E-state index is 0.215. The van der Waals surface area contributed by atoms with Crippen LogP contribution in [0.5, 0.6) is 0 Å². The van der Waals surface area contributed by atoms with Crippen LogP contribution in [-0.4, -0.2) is 40.5 Å². The molecule has 0 unspecified atom stereocenters. The number of nitrogens with two attached hydrogens (primary N) is 1. The first-order valence-electron chi connectivity index (χ1n) is 11.6. The summed E-state index contributed by atoms with van der Waals surface area (Å²) in [6, 6.07) is 7.02. The van der Waals surface area contributed by atoms with Crippen molar-refractivity contribution in [2.75, 3.05) is 13.1 Å². The Morgan fingerprint density at radius 3 is 2.42 bits per heavy atom. The Hall–Kier alpha value is -1.31. The molecule has 4 rings (SSSR count). The molecule has 2 atom stereocenters. The largest absolute Gasteiger partial charge is 0.390 e. The fraction of sp³-hybridized carbons (Fsp3) is 0.640. The minimum atomic E-state index is -0.564. The molecule has 2 aliphatic rings. The van der Waals surface area contributed by atoms with Crippen molar-refractivity contribution in [3.63, 3.8) is 0 Å². The molecule has 0 bridgehead atoms. The summed E-state index contributed by atoms with van der Waals surface area (Å²) in [6.45, 7) is 13.0. The van der Waals surface area contributed by atoms with Crippen LogP contribution in [0, 0.1) is 0 Å². The number of hydrazine groups is 1. The number of hydrogen-bond acceptors (Lipinski definition) is 6. The predicted molar refractivity (Wildman–Crippen MR) is 129 cm³/mol. The smallest absolute Gasteiger partial charge is 0.0964 e. The highest BCUT2D eigenvalue weighted by Crippen LogP contribution is 2.47. The van der Waals surface area contributed by atoms with Gasteiger partial charge in [0.1, 0.15) is 0 Å². The summed E-state index contributed by atoms with van der Waals surface area (Å²) in [5.41, 5.74) is 14.9. The van der Waals surface area contributed by atoms with E-state index >= 15 is 0 Å². The fourth-order valence-electron chi connectivity index (χ4n) is 4.93. The molecule has 170 valence electrons. The molecule has 6 heteroatoms. The molecule has 31 heavy (non-hydrogen) atoms. The Bertz CT molecular complexity index is 912. The topological polar surface area (TPSA) is 74.4 Å². The molecule has 2 aromatic rings. The van der Waals surface area contributed by atoms with E-state index in [1.165, 1.54) is 34.5 Å². The second kappa shape index (κ2) is 8.56. The molecule has 2 heterocycles. The Labute approximate surface area is 191 Å². The maximum atomic E-state index is 9.60. The van der Waals surface area contributed by atoms with Crippen LogP contribution in [0.3, 0.4) is 0 Å². The van der Waals surface area contributed by atoms with Crippen molar-refractivity contribution in [2.45, 2.75) is 89.3 Å². The van der Waals surface area contributed by atoms with Crippen LogP contribution in [-0.2, 0) is 10.8 Å². The number of aliphatic hydroxyl groups is 1. The summed E-state index contributed by atoms with van der Waals surface area (Å²) in [4.78, 5) is 5.07. The van der Waals surface area contributed by atoms with E-state index in [0.717, 1.165) is 31.6 Å². The Morgan fingerprint density at radius 2 is 1.77 bits per heavy atom. The zero-order valence-corrected chi connectivity index (χ0v) is 20.4. The van der Waals surface area contributed by atoms with E-state index in [1.54, 1.807) is 18.3 Å². The quantitative estimate of drug-likeness (QED) is 0.594. The summed E-state index contributed by atoms with van der Waals surface area (Å²) in [5, 5.41) is 15.2. The first kappa shape index (κ1) is 22.9. The number of rotatable bonds is 5. The average molecular weight is 443 g/mol. The number of benzene rings is 1. The third kappa shape index (κ3) is 4.74. The van der Waals surface area contributed by atoms with Crippen LogP contribution in [0.25, 0.3) is 11.3 Å². The van der Waals surface area contributed by atoms with Crippen molar-refractivity contribution in [1.82, 2.24) is 15.4 Å². The summed E-state index contributed by atoms with van der Waals surface area (Å²) in [6.07, 6.45) is 3.59. The first-order valence-corrected chi connectivity index (χ1v) is 12.5. The Balaban J connectivity index is 1.48. The van der Waals surface area contributed by atoms with Gasteiger partial charge in [-0.15, -0.1) is 11.3 Å². The van der Waals surface area contributed by atoms with Gasteiger partial charge in [0, 0.05) is 30.0 Å². The molecule has 0 saturated carbocycles. The monoisotopic (exact) mass is 442 g/mol. The fourth-order valence-corrected chi connectivity index (χ4v) is 5.93. The number of hydrogen-bond donors (Lipinski definition) is 3. The zero-order chi connectivity index (χ0) is 22.4. The Morgan fingerprint density at radius 1 is 1.13 bits per heavy atom. The lowest BCUT2D eigenvalue weighted by molar-refractivity contribution is 0.0615. The van der Waals surface area contributed by atoms with Gasteiger partial charge in [0.05, 0.1) is 23.0 Å². The van der Waals surface area contributed by atoms with Crippen molar-refractivity contribution in [1.29, 1.82) is 0 Å². The first-order chi connectivity index (χ1) is 14.6. The highest BCUT2D eigenvalue weighted by molar-refractivity contribution is 7.10. The number of thiazole rings is 1. The van der Waals surface area contributed by atoms with Crippen molar-refractivity contribution in [2.24, 2.45) is 5.73 Å². The average Bonchev–Trinajstić information content (AvgIpc) is 3.22. The molecule has 0 radical (unpaired) electrons. The van der Waals surface area contributed by atoms with Gasteiger partial charge >= 0.3 is 0 Å². The normalized spacial score (nSPS) is 23.3. The van der Waals surface area contributed by atoms with Crippen molar-refractivity contribution >= 4 is 11.3 Å². The second-order valence-corrected chi connectivity index (χ2v) is 11.6. The number of aliphatic hydroxyl groups excluding tert-OH is 1. The van der Waals surface area contributed by atoms with E-state index in [9.17, 15) is 5.11 Å². The third-order valence-electron chi connectivity index (χ3n) is 7.37. The molecule has 1 saturated heterocycles. The third-order valence-corrected chi connectivity index (χ3v) is 8.37. The van der Waals surface area contributed by atoms with Crippen LogP contribution in [0.1, 0.15) is 82.4 Å². The van der Waals surface area contributed by atoms with Crippen LogP contribution < -0.4 is 11.2 Å². The SMILES string of the molecule is C[C@@H](O)[C@H](N)NN1CCC(c2nc(-c3ccc4c(c3)C(C)(C)CCC4(C)C)cs2)CC1. The molecule has 1 aliphatic carbocycles. The summed E-state index contributed by atoms with van der Waals surface area (Å²) < 4.78 is 0. The molecule has 1 aromatic heterocycles. The van der Waals surface area contributed by atoms with E-state index in [-0.39, 0.29) is 10.8 Å². The van der Waals surface area contributed by atoms with Gasteiger partial charge in [-0.05, 0) is 60.6 Å². The lowest BCUT2D eigenvalue weighted by Gasteiger charge is -2.42. The minimum Gasteiger partial charge on any atom is -0.390 e. The van der Waals surface area contributed by atoms with Gasteiger partial charge in [0.25, 0.3) is 0 Å². The lowest BCUT2D eigenvalue weighted by Crippen LogP contribution is -2.55. The van der Waals surface area contributed by atoms with E-state index in [4.69, 9.17) is 10.7 Å². The molecule has 0 amide bonds.